The van der Waals surface area contributed by atoms with E-state index < -0.39 is 0 Å². The predicted octanol–water partition coefficient (Wildman–Crippen LogP) is 4.56. The zero-order valence-electron chi connectivity index (χ0n) is 25.3. The lowest BCUT2D eigenvalue weighted by Crippen LogP contribution is -2.46. The molecule has 0 radical (unpaired) electrons. The number of amides is 1. The lowest BCUT2D eigenvalue weighted by atomic mass is 9.88. The van der Waals surface area contributed by atoms with E-state index in [0.29, 0.717) is 46.8 Å². The monoisotopic (exact) mass is 645 g/mol. The molecule has 0 spiro atoms. The lowest BCUT2D eigenvalue weighted by molar-refractivity contribution is 0.0370. The number of hydrogen-bond acceptors (Lipinski definition) is 7. The number of rotatable bonds is 6. The average molecular weight is 647 g/mol. The van der Waals surface area contributed by atoms with Crippen LogP contribution in [-0.2, 0) is 13.0 Å². The fourth-order valence-corrected chi connectivity index (χ4v) is 6.12. The van der Waals surface area contributed by atoms with Crippen molar-refractivity contribution in [1.29, 1.82) is 0 Å². The van der Waals surface area contributed by atoms with Crippen LogP contribution >= 0.6 is 15.9 Å². The Kier molecular flexibility index (Phi) is 7.72. The minimum absolute atomic E-state index is 0.0875. The highest BCUT2D eigenvalue weighted by atomic mass is 79.9. The molecular formula is C32H36BrN7O3. The summed E-state index contributed by atoms with van der Waals surface area (Å²) in [7, 11) is 4.16. The Hall–Kier alpha value is -3.83. The van der Waals surface area contributed by atoms with E-state index in [9.17, 15) is 9.59 Å². The number of aromatic nitrogens is 5. The third kappa shape index (κ3) is 5.51. The van der Waals surface area contributed by atoms with Gasteiger partial charge in [0, 0.05) is 52.3 Å². The summed E-state index contributed by atoms with van der Waals surface area (Å²) in [6, 6.07) is 11.5. The van der Waals surface area contributed by atoms with Crippen LogP contribution in [0.1, 0.15) is 58.3 Å². The molecule has 6 rings (SSSR count). The third-order valence-electron chi connectivity index (χ3n) is 8.53. The molecule has 224 valence electrons. The Labute approximate surface area is 259 Å². The van der Waals surface area contributed by atoms with E-state index in [1.54, 1.807) is 26.4 Å². The van der Waals surface area contributed by atoms with Crippen molar-refractivity contribution in [2.45, 2.75) is 71.7 Å². The van der Waals surface area contributed by atoms with Crippen molar-refractivity contribution in [3.8, 4) is 17.5 Å². The Bertz CT molecular complexity index is 1760. The third-order valence-corrected chi connectivity index (χ3v) is 9.42. The Balaban J connectivity index is 1.37. The van der Waals surface area contributed by atoms with Crippen LogP contribution in [0.2, 0.25) is 0 Å². The van der Waals surface area contributed by atoms with Gasteiger partial charge in [0.15, 0.2) is 0 Å². The summed E-state index contributed by atoms with van der Waals surface area (Å²) in [4.78, 5) is 41.4. The van der Waals surface area contributed by atoms with Gasteiger partial charge in [-0.25, -0.2) is 19.2 Å². The van der Waals surface area contributed by atoms with Crippen molar-refractivity contribution >= 4 is 21.8 Å². The quantitative estimate of drug-likeness (QED) is 0.303. The summed E-state index contributed by atoms with van der Waals surface area (Å²) in [6.07, 6.45) is 4.11. The van der Waals surface area contributed by atoms with Crippen LogP contribution in [0.4, 0.5) is 0 Å². The summed E-state index contributed by atoms with van der Waals surface area (Å²) < 4.78 is 10.3. The standard InChI is InChI=1S/C32H36BrN7O3/c1-18-11-22(7-9-27(18)33)30(41)38-17-28-26(13-20(38)3)31(42)39(32(35-28)40-21(4)12-19(2)36-40)23-8-10-29(34-16-23)43-25-14-24(15-25)37(5)6/h7-12,16,20,24-25H,13-15,17H2,1-6H3. The number of halogens is 1. The molecule has 1 amide bonds. The number of pyridine rings is 1. The first-order valence-corrected chi connectivity index (χ1v) is 15.3. The molecule has 10 nitrogen and oxygen atoms in total. The Morgan fingerprint density at radius 3 is 2.49 bits per heavy atom. The van der Waals surface area contributed by atoms with E-state index >= 15 is 0 Å². The van der Waals surface area contributed by atoms with Crippen molar-refractivity contribution in [3.05, 3.63) is 91.2 Å². The van der Waals surface area contributed by atoms with Crippen LogP contribution in [0.5, 0.6) is 5.88 Å². The van der Waals surface area contributed by atoms with Crippen LogP contribution < -0.4 is 10.3 Å². The molecule has 0 N–H and O–H groups in total. The van der Waals surface area contributed by atoms with Crippen molar-refractivity contribution < 1.29 is 9.53 Å². The molecule has 3 aromatic heterocycles. The summed E-state index contributed by atoms with van der Waals surface area (Å²) in [6.45, 7) is 8.00. The second kappa shape index (κ2) is 11.3. The van der Waals surface area contributed by atoms with E-state index in [1.807, 2.05) is 58.0 Å². The molecule has 1 saturated carbocycles. The van der Waals surface area contributed by atoms with Gasteiger partial charge >= 0.3 is 0 Å². The molecule has 2 aliphatic rings. The minimum Gasteiger partial charge on any atom is -0.474 e. The number of carbonyl (C=O) groups excluding carboxylic acids is 1. The molecule has 0 saturated heterocycles. The molecule has 11 heteroatoms. The number of carbonyl (C=O) groups is 1. The number of ether oxygens (including phenoxy) is 1. The van der Waals surface area contributed by atoms with Gasteiger partial charge in [-0.2, -0.15) is 5.10 Å². The molecular weight excluding hydrogens is 610 g/mol. The molecule has 1 fully saturated rings. The molecule has 0 bridgehead atoms. The fraction of sp³-hybridized carbons (Fsp3) is 0.406. The zero-order chi connectivity index (χ0) is 30.6. The van der Waals surface area contributed by atoms with Crippen molar-refractivity contribution in [2.24, 2.45) is 0 Å². The summed E-state index contributed by atoms with van der Waals surface area (Å²) in [5.41, 5.74) is 4.81. The van der Waals surface area contributed by atoms with Crippen LogP contribution in [0.3, 0.4) is 0 Å². The largest absolute Gasteiger partial charge is 0.474 e. The van der Waals surface area contributed by atoms with Crippen molar-refractivity contribution in [3.63, 3.8) is 0 Å². The van der Waals surface area contributed by atoms with Gasteiger partial charge < -0.3 is 14.5 Å². The zero-order valence-corrected chi connectivity index (χ0v) is 26.9. The van der Waals surface area contributed by atoms with E-state index in [-0.39, 0.29) is 30.2 Å². The van der Waals surface area contributed by atoms with Gasteiger partial charge in [-0.3, -0.25) is 9.59 Å². The first-order chi connectivity index (χ1) is 20.5. The molecule has 1 unspecified atom stereocenters. The van der Waals surface area contributed by atoms with Gasteiger partial charge in [0.05, 0.1) is 29.8 Å². The predicted molar refractivity (Wildman–Crippen MR) is 167 cm³/mol. The summed E-state index contributed by atoms with van der Waals surface area (Å²) >= 11 is 3.51. The fourth-order valence-electron chi connectivity index (χ4n) is 5.87. The number of aryl methyl sites for hydroxylation is 3. The van der Waals surface area contributed by atoms with Crippen LogP contribution in [0, 0.1) is 20.8 Å². The van der Waals surface area contributed by atoms with Crippen molar-refractivity contribution in [2.75, 3.05) is 14.1 Å². The van der Waals surface area contributed by atoms with Crippen LogP contribution in [0.15, 0.2) is 51.9 Å². The van der Waals surface area contributed by atoms with Gasteiger partial charge in [-0.1, -0.05) is 15.9 Å². The van der Waals surface area contributed by atoms with Crippen molar-refractivity contribution in [1.82, 2.24) is 34.1 Å². The molecule has 4 aromatic rings. The SMILES string of the molecule is Cc1cc(C)n(-c2nc3c(c(=O)n2-c2ccc(OC4CC(N(C)C)C4)nc2)CC(C)N(C(=O)c2ccc(Br)c(C)c2)C3)n1. The topological polar surface area (TPSA) is 98.4 Å². The Morgan fingerprint density at radius 2 is 1.86 bits per heavy atom. The van der Waals surface area contributed by atoms with Gasteiger partial charge in [0.1, 0.15) is 6.10 Å². The molecule has 43 heavy (non-hydrogen) atoms. The van der Waals surface area contributed by atoms with E-state index in [2.05, 4.69) is 45.0 Å². The maximum absolute atomic E-state index is 14.2. The number of nitrogens with zero attached hydrogens (tertiary/aromatic N) is 7. The second-order valence-electron chi connectivity index (χ2n) is 12.0. The minimum atomic E-state index is -0.186. The van der Waals surface area contributed by atoms with Crippen LogP contribution in [-0.4, -0.2) is 72.3 Å². The number of fused-ring (bicyclic) bond motifs is 1. The molecule has 4 heterocycles. The van der Waals surface area contributed by atoms with Gasteiger partial charge in [0.25, 0.3) is 11.5 Å². The highest BCUT2D eigenvalue weighted by Crippen LogP contribution is 2.29. The maximum Gasteiger partial charge on any atom is 0.263 e. The van der Waals surface area contributed by atoms with Crippen LogP contribution in [0.25, 0.3) is 11.6 Å². The number of benzene rings is 1. The van der Waals surface area contributed by atoms with Gasteiger partial charge in [-0.15, -0.1) is 0 Å². The maximum atomic E-state index is 14.2. The second-order valence-corrected chi connectivity index (χ2v) is 12.8. The Morgan fingerprint density at radius 1 is 1.09 bits per heavy atom. The summed E-state index contributed by atoms with van der Waals surface area (Å²) in [5.74, 6) is 0.804. The first kappa shape index (κ1) is 29.3. The normalized spacial score (nSPS) is 19.7. The highest BCUT2D eigenvalue weighted by molar-refractivity contribution is 9.10. The van der Waals surface area contributed by atoms with E-state index in [0.717, 1.165) is 34.3 Å². The van der Waals surface area contributed by atoms with E-state index in [4.69, 9.17) is 9.72 Å². The van der Waals surface area contributed by atoms with E-state index in [1.165, 1.54) is 0 Å². The molecule has 1 aromatic carbocycles. The smallest absolute Gasteiger partial charge is 0.263 e. The number of hydrogen-bond donors (Lipinski definition) is 0. The highest BCUT2D eigenvalue weighted by Gasteiger charge is 2.34. The average Bonchev–Trinajstić information content (AvgIpc) is 3.29. The summed E-state index contributed by atoms with van der Waals surface area (Å²) in [5, 5.41) is 4.65. The molecule has 1 aliphatic carbocycles. The molecule has 1 atom stereocenters. The first-order valence-electron chi connectivity index (χ1n) is 14.5. The molecule has 1 aliphatic heterocycles. The van der Waals surface area contributed by atoms with Gasteiger partial charge in [0.2, 0.25) is 11.8 Å². The lowest BCUT2D eigenvalue weighted by Gasteiger charge is -2.39. The van der Waals surface area contributed by atoms with Gasteiger partial charge in [-0.05, 0) is 84.1 Å².